The molecule has 4 heteroatoms. The van der Waals surface area contributed by atoms with E-state index in [0.29, 0.717) is 18.2 Å². The van der Waals surface area contributed by atoms with Crippen LogP contribution in [0.5, 0.6) is 17.2 Å². The Bertz CT molecular complexity index is 361. The topological polar surface area (TPSA) is 72.7 Å². The highest BCUT2D eigenvalue weighted by atomic mass is 16.3. The van der Waals surface area contributed by atoms with Gasteiger partial charge in [-0.05, 0) is 18.9 Å². The molecule has 0 radical (unpaired) electrons. The van der Waals surface area contributed by atoms with E-state index in [2.05, 4.69) is 5.32 Å². The van der Waals surface area contributed by atoms with Crippen molar-refractivity contribution >= 4 is 0 Å². The third-order valence-electron chi connectivity index (χ3n) is 2.90. The molecule has 2 rings (SSSR count). The fourth-order valence-corrected chi connectivity index (χ4v) is 1.62. The minimum absolute atomic E-state index is 0.234. The molecule has 4 N–H and O–H groups in total. The minimum Gasteiger partial charge on any atom is -0.504 e. The summed E-state index contributed by atoms with van der Waals surface area (Å²) in [7, 11) is 0. The quantitative estimate of drug-likeness (QED) is 0.568. The van der Waals surface area contributed by atoms with Crippen LogP contribution in [-0.2, 0) is 6.54 Å². The first kappa shape index (κ1) is 10.1. The number of rotatable bonds is 3. The summed E-state index contributed by atoms with van der Waals surface area (Å²) in [5.41, 5.74) is 0.609. The largest absolute Gasteiger partial charge is 0.504 e. The van der Waals surface area contributed by atoms with Crippen LogP contribution in [0.1, 0.15) is 24.8 Å². The standard InChI is InChI=1S/C11H15NO3/c13-9-5-4-7(10(14)11(9)15)6-12-8-2-1-3-8/h4-5,8,12-15H,1-3,6H2. The van der Waals surface area contributed by atoms with Crippen LogP contribution in [0.15, 0.2) is 12.1 Å². The summed E-state index contributed by atoms with van der Waals surface area (Å²) in [5, 5.41) is 31.2. The van der Waals surface area contributed by atoms with E-state index < -0.39 is 5.75 Å². The van der Waals surface area contributed by atoms with Gasteiger partial charge in [0.15, 0.2) is 11.5 Å². The van der Waals surface area contributed by atoms with Crippen molar-refractivity contribution in [3.8, 4) is 17.2 Å². The predicted molar refractivity (Wildman–Crippen MR) is 55.9 cm³/mol. The van der Waals surface area contributed by atoms with Crippen molar-refractivity contribution in [1.29, 1.82) is 0 Å². The van der Waals surface area contributed by atoms with Gasteiger partial charge in [-0.2, -0.15) is 0 Å². The number of aromatic hydroxyl groups is 3. The molecule has 82 valence electrons. The Morgan fingerprint density at radius 3 is 2.47 bits per heavy atom. The van der Waals surface area contributed by atoms with E-state index in [4.69, 9.17) is 5.11 Å². The summed E-state index contributed by atoms with van der Waals surface area (Å²) >= 11 is 0. The van der Waals surface area contributed by atoms with Crippen molar-refractivity contribution < 1.29 is 15.3 Å². The predicted octanol–water partition coefficient (Wildman–Crippen LogP) is 1.45. The van der Waals surface area contributed by atoms with E-state index in [9.17, 15) is 10.2 Å². The van der Waals surface area contributed by atoms with Crippen LogP contribution < -0.4 is 5.32 Å². The summed E-state index contributed by atoms with van der Waals surface area (Å²) < 4.78 is 0. The lowest BCUT2D eigenvalue weighted by atomic mass is 9.93. The average molecular weight is 209 g/mol. The maximum atomic E-state index is 9.53. The van der Waals surface area contributed by atoms with Gasteiger partial charge < -0.3 is 20.6 Å². The van der Waals surface area contributed by atoms with Crippen LogP contribution in [0, 0.1) is 0 Å². The molecule has 0 atom stereocenters. The summed E-state index contributed by atoms with van der Waals surface area (Å²) in [4.78, 5) is 0. The van der Waals surface area contributed by atoms with Crippen LogP contribution in [-0.4, -0.2) is 21.4 Å². The number of phenols is 3. The second-order valence-electron chi connectivity index (χ2n) is 3.95. The van der Waals surface area contributed by atoms with Gasteiger partial charge in [-0.25, -0.2) is 0 Å². The lowest BCUT2D eigenvalue weighted by Crippen LogP contribution is -2.34. The smallest absolute Gasteiger partial charge is 0.200 e. The molecule has 0 saturated heterocycles. The molecule has 4 nitrogen and oxygen atoms in total. The van der Waals surface area contributed by atoms with Crippen molar-refractivity contribution in [3.05, 3.63) is 17.7 Å². The molecule has 15 heavy (non-hydrogen) atoms. The molecular formula is C11H15NO3. The maximum Gasteiger partial charge on any atom is 0.200 e. The van der Waals surface area contributed by atoms with Crippen molar-refractivity contribution in [2.75, 3.05) is 0 Å². The molecule has 1 fully saturated rings. The van der Waals surface area contributed by atoms with Gasteiger partial charge in [-0.1, -0.05) is 12.5 Å². The van der Waals surface area contributed by atoms with Gasteiger partial charge in [0.1, 0.15) is 0 Å². The second-order valence-corrected chi connectivity index (χ2v) is 3.95. The molecule has 1 saturated carbocycles. The van der Waals surface area contributed by atoms with Crippen LogP contribution in [0.2, 0.25) is 0 Å². The zero-order valence-corrected chi connectivity index (χ0v) is 8.40. The molecule has 0 unspecified atom stereocenters. The maximum absolute atomic E-state index is 9.53. The Morgan fingerprint density at radius 2 is 1.87 bits per heavy atom. The van der Waals surface area contributed by atoms with E-state index in [1.165, 1.54) is 25.3 Å². The third kappa shape index (κ3) is 1.99. The van der Waals surface area contributed by atoms with Crippen LogP contribution in [0.25, 0.3) is 0 Å². The Labute approximate surface area is 88.2 Å². The molecule has 1 aliphatic rings. The van der Waals surface area contributed by atoms with Gasteiger partial charge in [-0.3, -0.25) is 0 Å². The minimum atomic E-state index is -0.442. The third-order valence-corrected chi connectivity index (χ3v) is 2.90. The highest BCUT2D eigenvalue weighted by Gasteiger charge is 2.17. The van der Waals surface area contributed by atoms with Gasteiger partial charge in [0.2, 0.25) is 5.75 Å². The molecule has 0 heterocycles. The summed E-state index contributed by atoms with van der Waals surface area (Å²) in [5.74, 6) is -0.968. The summed E-state index contributed by atoms with van der Waals surface area (Å²) in [6, 6.07) is 3.52. The number of nitrogens with one attached hydrogen (secondary N) is 1. The fourth-order valence-electron chi connectivity index (χ4n) is 1.62. The highest BCUT2D eigenvalue weighted by Crippen LogP contribution is 2.37. The van der Waals surface area contributed by atoms with Crippen molar-refractivity contribution in [2.24, 2.45) is 0 Å². The second kappa shape index (κ2) is 3.98. The Balaban J connectivity index is 2.04. The molecule has 0 aromatic heterocycles. The first-order valence-electron chi connectivity index (χ1n) is 5.14. The number of hydrogen-bond acceptors (Lipinski definition) is 4. The van der Waals surface area contributed by atoms with Crippen LogP contribution in [0.4, 0.5) is 0 Å². The molecule has 1 aromatic rings. The van der Waals surface area contributed by atoms with Gasteiger partial charge in [0, 0.05) is 18.2 Å². The molecule has 0 bridgehead atoms. The highest BCUT2D eigenvalue weighted by molar-refractivity contribution is 5.52. The van der Waals surface area contributed by atoms with E-state index in [1.807, 2.05) is 0 Å². The zero-order chi connectivity index (χ0) is 10.8. The van der Waals surface area contributed by atoms with Crippen molar-refractivity contribution in [2.45, 2.75) is 31.8 Å². The van der Waals surface area contributed by atoms with Crippen molar-refractivity contribution in [3.63, 3.8) is 0 Å². The van der Waals surface area contributed by atoms with Gasteiger partial charge >= 0.3 is 0 Å². The monoisotopic (exact) mass is 209 g/mol. The van der Waals surface area contributed by atoms with Gasteiger partial charge in [-0.15, -0.1) is 0 Å². The first-order chi connectivity index (χ1) is 7.18. The molecule has 0 amide bonds. The Hall–Kier alpha value is -1.42. The summed E-state index contributed by atoms with van der Waals surface area (Å²) in [6.07, 6.45) is 3.60. The average Bonchev–Trinajstić information content (AvgIpc) is 2.15. The zero-order valence-electron chi connectivity index (χ0n) is 8.40. The number of phenolic OH excluding ortho intramolecular Hbond substituents is 3. The normalized spacial score (nSPS) is 16.3. The SMILES string of the molecule is Oc1ccc(CNC2CCC2)c(O)c1O. The van der Waals surface area contributed by atoms with E-state index in [0.717, 1.165) is 0 Å². The van der Waals surface area contributed by atoms with E-state index in [1.54, 1.807) is 6.07 Å². The molecule has 1 aliphatic carbocycles. The molecular weight excluding hydrogens is 194 g/mol. The van der Waals surface area contributed by atoms with E-state index in [-0.39, 0.29) is 11.5 Å². The number of benzene rings is 1. The first-order valence-corrected chi connectivity index (χ1v) is 5.14. The van der Waals surface area contributed by atoms with Gasteiger partial charge in [0.05, 0.1) is 0 Å². The van der Waals surface area contributed by atoms with Crippen LogP contribution >= 0.6 is 0 Å². The van der Waals surface area contributed by atoms with Crippen molar-refractivity contribution in [1.82, 2.24) is 5.32 Å². The fraction of sp³-hybridized carbons (Fsp3) is 0.455. The molecule has 0 aliphatic heterocycles. The van der Waals surface area contributed by atoms with Crippen LogP contribution in [0.3, 0.4) is 0 Å². The Morgan fingerprint density at radius 1 is 1.13 bits per heavy atom. The molecule has 1 aromatic carbocycles. The summed E-state index contributed by atoms with van der Waals surface area (Å²) in [6.45, 7) is 0.518. The van der Waals surface area contributed by atoms with E-state index >= 15 is 0 Å². The lowest BCUT2D eigenvalue weighted by Gasteiger charge is -2.26. The number of hydrogen-bond donors (Lipinski definition) is 4. The Kier molecular flexibility index (Phi) is 2.68. The lowest BCUT2D eigenvalue weighted by molar-refractivity contribution is 0.331. The van der Waals surface area contributed by atoms with Gasteiger partial charge in [0.25, 0.3) is 0 Å². The molecule has 0 spiro atoms.